The average molecular weight is 902 g/mol. The van der Waals surface area contributed by atoms with Crippen LogP contribution in [0.25, 0.3) is 10.9 Å². The van der Waals surface area contributed by atoms with Crippen molar-refractivity contribution in [3.8, 4) is 11.5 Å². The van der Waals surface area contributed by atoms with Crippen LogP contribution in [0, 0.1) is 5.92 Å². The highest BCUT2D eigenvalue weighted by atomic mass is 19.4. The molecule has 2 bridgehead atoms. The number of aliphatic hydroxyl groups excluding tert-OH is 1. The highest BCUT2D eigenvalue weighted by Gasteiger charge is 2.37. The smallest absolute Gasteiger partial charge is 0.416 e. The van der Waals surface area contributed by atoms with Crippen molar-refractivity contribution >= 4 is 22.8 Å². The number of nitrogens with zero attached hydrogens (tertiary/aromatic N) is 2. The molecule has 0 aliphatic carbocycles. The Labute approximate surface area is 381 Å². The van der Waals surface area contributed by atoms with Crippen molar-refractivity contribution < 1.29 is 42.4 Å². The summed E-state index contributed by atoms with van der Waals surface area (Å²) in [5.41, 5.74) is 3.09. The molecule has 0 saturated carbocycles. The predicted molar refractivity (Wildman–Crippen MR) is 245 cm³/mol. The molecule has 3 atom stereocenters. The van der Waals surface area contributed by atoms with Crippen LogP contribution >= 0.6 is 0 Å². The second-order valence-electron chi connectivity index (χ2n) is 17.5. The lowest BCUT2D eigenvalue weighted by atomic mass is 9.85. The van der Waals surface area contributed by atoms with E-state index in [1.54, 1.807) is 47.4 Å². The molecule has 0 unspecified atom stereocenters. The molecule has 4 heterocycles. The summed E-state index contributed by atoms with van der Waals surface area (Å²) in [5.74, 6) is 0.149. The molecule has 13 heteroatoms. The number of halogens is 3. The summed E-state index contributed by atoms with van der Waals surface area (Å²) in [5, 5.41) is 21.8. The van der Waals surface area contributed by atoms with Gasteiger partial charge in [0.05, 0.1) is 23.6 Å². The number of carbonyl (C=O) groups excluding carboxylic acids is 2. The number of phenols is 1. The first-order chi connectivity index (χ1) is 31.9. The Hall–Kier alpha value is -6.44. The van der Waals surface area contributed by atoms with Gasteiger partial charge in [-0.1, -0.05) is 85.6 Å². The lowest BCUT2D eigenvalue weighted by Gasteiger charge is -2.44. The van der Waals surface area contributed by atoms with Gasteiger partial charge in [-0.05, 0) is 121 Å². The van der Waals surface area contributed by atoms with E-state index >= 15 is 0 Å². The van der Waals surface area contributed by atoms with Crippen LogP contribution in [0.2, 0.25) is 0 Å². The third kappa shape index (κ3) is 11.5. The third-order valence-electron chi connectivity index (χ3n) is 12.9. The number of unbranched alkanes of at least 4 members (excludes halogenated alkanes) is 2. The number of hydrogen-bond donors (Lipinski definition) is 3. The quantitative estimate of drug-likeness (QED) is 0.0574. The Bertz CT molecular complexity index is 2660. The van der Waals surface area contributed by atoms with Crippen molar-refractivity contribution in [3.63, 3.8) is 0 Å². The standard InChI is InChI=1S/C53H54F3N3O7/c54-53(55,56)41-13-7-9-36(29-41)32-59(26-6-2-5-15-46(60)43-20-22-47(61)51-44(43)21-23-49(62)57-51)52(64)39-18-16-35(17-19-39)34-65-42-14-8-12-40(30-42)45(37-10-3-1-4-11-37)31-50(63)66-48-33-58-27-24-38(48)25-28-58/h1,3-4,7-14,16-23,29-30,38,45-46,48,60-61H,2,5-6,15,24-28,31-34H2,(H,57,62)/t45-,46-,48-/m0/s1. The number of fused-ring (bicyclic) bond motifs is 4. The molecule has 6 aromatic rings. The number of H-pyrrole nitrogens is 1. The summed E-state index contributed by atoms with van der Waals surface area (Å²) < 4.78 is 53.3. The molecule has 3 aliphatic rings. The van der Waals surface area contributed by atoms with Crippen LogP contribution in [-0.4, -0.2) is 69.2 Å². The number of nitrogens with one attached hydrogen (secondary N) is 1. The van der Waals surface area contributed by atoms with Gasteiger partial charge in [-0.2, -0.15) is 13.2 Å². The molecule has 1 amide bonds. The van der Waals surface area contributed by atoms with Gasteiger partial charge in [-0.3, -0.25) is 19.3 Å². The van der Waals surface area contributed by atoms with Gasteiger partial charge in [0.2, 0.25) is 5.56 Å². The number of aromatic hydroxyl groups is 1. The molecule has 10 nitrogen and oxygen atoms in total. The molecule has 0 radical (unpaired) electrons. The predicted octanol–water partition coefficient (Wildman–Crippen LogP) is 9.93. The number of carbonyl (C=O) groups is 2. The minimum absolute atomic E-state index is 0.0360. The number of hydrogen-bond acceptors (Lipinski definition) is 8. The van der Waals surface area contributed by atoms with Crippen molar-refractivity contribution in [3.05, 3.63) is 177 Å². The first-order valence-electron chi connectivity index (χ1n) is 22.6. The Morgan fingerprint density at radius 3 is 2.32 bits per heavy atom. The van der Waals surface area contributed by atoms with Gasteiger partial charge in [-0.25, -0.2) is 0 Å². The zero-order chi connectivity index (χ0) is 46.2. The maximum Gasteiger partial charge on any atom is 0.416 e. The Kier molecular flexibility index (Phi) is 14.5. The number of amides is 1. The van der Waals surface area contributed by atoms with Crippen LogP contribution in [0.1, 0.15) is 101 Å². The second-order valence-corrected chi connectivity index (χ2v) is 17.5. The molecule has 1 aromatic heterocycles. The van der Waals surface area contributed by atoms with Crippen LogP contribution in [0.5, 0.6) is 11.5 Å². The number of benzene rings is 5. The van der Waals surface area contributed by atoms with Crippen molar-refractivity contribution in [1.82, 2.24) is 14.8 Å². The highest BCUT2D eigenvalue weighted by molar-refractivity contribution is 5.94. The minimum Gasteiger partial charge on any atom is -0.506 e. The summed E-state index contributed by atoms with van der Waals surface area (Å²) in [6, 6.07) is 35.5. The van der Waals surface area contributed by atoms with Gasteiger partial charge in [0, 0.05) is 42.6 Å². The summed E-state index contributed by atoms with van der Waals surface area (Å²) in [6.07, 6.45) is -1.08. The van der Waals surface area contributed by atoms with Crippen LogP contribution in [-0.2, 0) is 28.9 Å². The number of rotatable bonds is 18. The van der Waals surface area contributed by atoms with Crippen molar-refractivity contribution in [2.24, 2.45) is 5.92 Å². The van der Waals surface area contributed by atoms with Crippen molar-refractivity contribution in [2.75, 3.05) is 26.2 Å². The summed E-state index contributed by atoms with van der Waals surface area (Å²) in [6.45, 7) is 3.36. The molecule has 0 spiro atoms. The molecule has 5 aromatic carbocycles. The third-order valence-corrected chi connectivity index (χ3v) is 12.9. The van der Waals surface area contributed by atoms with Crippen molar-refractivity contribution in [2.45, 2.75) is 82.4 Å². The first-order valence-corrected chi connectivity index (χ1v) is 22.6. The van der Waals surface area contributed by atoms with E-state index in [1.807, 2.05) is 54.6 Å². The Morgan fingerprint density at radius 1 is 0.818 bits per heavy atom. The molecular weight excluding hydrogens is 848 g/mol. The van der Waals surface area contributed by atoms with E-state index in [4.69, 9.17) is 9.47 Å². The van der Waals surface area contributed by atoms with Crippen LogP contribution in [0.15, 0.2) is 132 Å². The first kappa shape index (κ1) is 46.1. The lowest BCUT2D eigenvalue weighted by Crippen LogP contribution is -2.52. The molecule has 3 N–H and O–H groups in total. The number of ether oxygens (including phenoxy) is 2. The number of phenolic OH excluding ortho intramolecular Hbond substituents is 1. The van der Waals surface area contributed by atoms with E-state index in [2.05, 4.69) is 9.88 Å². The van der Waals surface area contributed by atoms with E-state index in [-0.39, 0.29) is 66.8 Å². The van der Waals surface area contributed by atoms with E-state index in [0.717, 1.165) is 61.3 Å². The number of aliphatic hydroxyl groups is 1. The van der Waals surface area contributed by atoms with Gasteiger partial charge >= 0.3 is 12.1 Å². The number of alkyl halides is 3. The van der Waals surface area contributed by atoms with Crippen LogP contribution < -0.4 is 10.3 Å². The molecular formula is C53H54F3N3O7. The van der Waals surface area contributed by atoms with Gasteiger partial charge in [0.15, 0.2) is 0 Å². The maximum atomic E-state index is 14.0. The number of pyridine rings is 1. The molecule has 3 aliphatic heterocycles. The van der Waals surface area contributed by atoms with Crippen molar-refractivity contribution in [1.29, 1.82) is 0 Å². The molecule has 66 heavy (non-hydrogen) atoms. The van der Waals surface area contributed by atoms with Gasteiger partial charge < -0.3 is 29.6 Å². The molecule has 9 rings (SSSR count). The van der Waals surface area contributed by atoms with Crippen LogP contribution in [0.4, 0.5) is 13.2 Å². The maximum absolute atomic E-state index is 14.0. The van der Waals surface area contributed by atoms with E-state index in [1.165, 1.54) is 18.2 Å². The van der Waals surface area contributed by atoms with E-state index in [0.29, 0.717) is 59.4 Å². The van der Waals surface area contributed by atoms with Crippen LogP contribution in [0.3, 0.4) is 0 Å². The van der Waals surface area contributed by atoms with Gasteiger partial charge in [-0.15, -0.1) is 0 Å². The summed E-state index contributed by atoms with van der Waals surface area (Å²) >= 11 is 0. The lowest BCUT2D eigenvalue weighted by molar-refractivity contribution is -0.159. The van der Waals surface area contributed by atoms with E-state index in [9.17, 15) is 37.8 Å². The fourth-order valence-corrected chi connectivity index (χ4v) is 9.30. The number of aromatic amines is 1. The Morgan fingerprint density at radius 2 is 1.58 bits per heavy atom. The summed E-state index contributed by atoms with van der Waals surface area (Å²) in [4.78, 5) is 45.8. The SMILES string of the molecule is O=C(C[C@@H](c1ccccc1)c1cccc(OCc2ccc(C(=O)N(CCCCC[C@H](O)c3ccc(O)c4[nH]c(=O)ccc34)Cc3cccc(C(F)(F)F)c3)cc2)c1)O[C@H]1CN2CCC1CC2. The molecule has 3 fully saturated rings. The van der Waals surface area contributed by atoms with Gasteiger partial charge in [0.25, 0.3) is 5.91 Å². The number of aromatic nitrogens is 1. The average Bonchev–Trinajstić information content (AvgIpc) is 3.33. The Balaban J connectivity index is 0.900. The topological polar surface area (TPSA) is 132 Å². The fraction of sp³-hybridized carbons (Fsp3) is 0.340. The number of esters is 1. The zero-order valence-electron chi connectivity index (χ0n) is 36.6. The van der Waals surface area contributed by atoms with Gasteiger partial charge in [0.1, 0.15) is 24.2 Å². The fourth-order valence-electron chi connectivity index (χ4n) is 9.30. The number of piperidine rings is 3. The normalized spacial score (nSPS) is 17.8. The highest BCUT2D eigenvalue weighted by Crippen LogP contribution is 2.35. The summed E-state index contributed by atoms with van der Waals surface area (Å²) in [7, 11) is 0. The second kappa shape index (κ2) is 20.8. The minimum atomic E-state index is -4.53. The molecule has 3 saturated heterocycles. The monoisotopic (exact) mass is 901 g/mol. The molecule has 344 valence electrons. The largest absolute Gasteiger partial charge is 0.506 e. The zero-order valence-corrected chi connectivity index (χ0v) is 36.6. The van der Waals surface area contributed by atoms with E-state index < -0.39 is 17.8 Å².